The molecule has 7 nitrogen and oxygen atoms in total. The Labute approximate surface area is 102 Å². The summed E-state index contributed by atoms with van der Waals surface area (Å²) in [6, 6.07) is 0. The Bertz CT molecular complexity index is 439. The first-order valence-corrected chi connectivity index (χ1v) is 5.90. The van der Waals surface area contributed by atoms with Crippen molar-refractivity contribution in [2.45, 2.75) is 0 Å². The number of hydrogen-bond acceptors (Lipinski definition) is 6. The third kappa shape index (κ3) is 2.42. The number of nitrogens with zero attached hydrogens (tertiary/aromatic N) is 4. The molecule has 1 aliphatic heterocycles. The highest BCUT2D eigenvalue weighted by Gasteiger charge is 2.27. The lowest BCUT2D eigenvalue weighted by molar-refractivity contribution is 0.0633. The number of carboxylic acid groups (broad SMARTS) is 1. The minimum Gasteiger partial charge on any atom is -0.477 e. The number of carbonyl (C=O) groups is 2. The van der Waals surface area contributed by atoms with Crippen LogP contribution in [0, 0.1) is 0 Å². The van der Waals surface area contributed by atoms with E-state index in [0.717, 1.165) is 24.6 Å². The van der Waals surface area contributed by atoms with Crippen LogP contribution in [0.1, 0.15) is 20.2 Å². The monoisotopic (exact) mass is 256 g/mol. The fraction of sp³-hybridized carbons (Fsp3) is 0.556. The van der Waals surface area contributed by atoms with Crippen molar-refractivity contribution in [2.75, 3.05) is 33.2 Å². The van der Waals surface area contributed by atoms with Gasteiger partial charge in [-0.3, -0.25) is 4.79 Å². The highest BCUT2D eigenvalue weighted by molar-refractivity contribution is 7.08. The molecule has 0 aliphatic carbocycles. The van der Waals surface area contributed by atoms with Gasteiger partial charge in [0.05, 0.1) is 0 Å². The van der Waals surface area contributed by atoms with Gasteiger partial charge in [-0.1, -0.05) is 4.49 Å². The van der Waals surface area contributed by atoms with Gasteiger partial charge in [0, 0.05) is 26.2 Å². The number of aromatic carboxylic acids is 1. The van der Waals surface area contributed by atoms with Gasteiger partial charge in [-0.25, -0.2) is 4.79 Å². The molecule has 0 bridgehead atoms. The van der Waals surface area contributed by atoms with Gasteiger partial charge in [0.15, 0.2) is 10.6 Å². The standard InChI is InChI=1S/C9H12N4O3S/c1-12-2-4-13(5-3-12)8(14)6-7(9(15)16)17-11-10-6/h2-5H2,1H3,(H,15,16). The van der Waals surface area contributed by atoms with E-state index in [4.69, 9.17) is 5.11 Å². The van der Waals surface area contributed by atoms with Crippen LogP contribution in [0.4, 0.5) is 0 Å². The molecule has 0 spiro atoms. The Morgan fingerprint density at radius 1 is 1.29 bits per heavy atom. The quantitative estimate of drug-likeness (QED) is 0.776. The zero-order chi connectivity index (χ0) is 12.4. The summed E-state index contributed by atoms with van der Waals surface area (Å²) < 4.78 is 3.53. The molecule has 0 saturated carbocycles. The van der Waals surface area contributed by atoms with Crippen molar-refractivity contribution in [1.82, 2.24) is 19.4 Å². The molecule has 8 heteroatoms. The van der Waals surface area contributed by atoms with Crippen molar-refractivity contribution in [3.05, 3.63) is 10.6 Å². The smallest absolute Gasteiger partial charge is 0.350 e. The number of likely N-dealkylation sites (N-methyl/N-ethyl adjacent to an activating group) is 1. The lowest BCUT2D eigenvalue weighted by Crippen LogP contribution is -2.47. The van der Waals surface area contributed by atoms with Crippen molar-refractivity contribution in [3.63, 3.8) is 0 Å². The van der Waals surface area contributed by atoms with E-state index in [9.17, 15) is 9.59 Å². The lowest BCUT2D eigenvalue weighted by Gasteiger charge is -2.31. The first kappa shape index (κ1) is 11.9. The van der Waals surface area contributed by atoms with Gasteiger partial charge in [0.25, 0.3) is 5.91 Å². The molecule has 1 amide bonds. The van der Waals surface area contributed by atoms with E-state index >= 15 is 0 Å². The largest absolute Gasteiger partial charge is 0.477 e. The molecule has 1 aromatic heterocycles. The van der Waals surface area contributed by atoms with E-state index in [1.807, 2.05) is 7.05 Å². The van der Waals surface area contributed by atoms with Gasteiger partial charge < -0.3 is 14.9 Å². The summed E-state index contributed by atoms with van der Waals surface area (Å²) >= 11 is 0.732. The maximum atomic E-state index is 12.0. The molecule has 0 unspecified atom stereocenters. The zero-order valence-electron chi connectivity index (χ0n) is 9.29. The van der Waals surface area contributed by atoms with Gasteiger partial charge in [0.1, 0.15) is 0 Å². The number of aromatic nitrogens is 2. The van der Waals surface area contributed by atoms with Crippen LogP contribution in [0.3, 0.4) is 0 Å². The van der Waals surface area contributed by atoms with Crippen molar-refractivity contribution < 1.29 is 14.7 Å². The van der Waals surface area contributed by atoms with Crippen LogP contribution in [-0.4, -0.2) is 69.6 Å². The summed E-state index contributed by atoms with van der Waals surface area (Å²) in [5, 5.41) is 12.5. The molecule has 1 fully saturated rings. The number of carbonyl (C=O) groups excluding carboxylic acids is 1. The summed E-state index contributed by atoms with van der Waals surface area (Å²) in [6.45, 7) is 2.75. The van der Waals surface area contributed by atoms with E-state index in [2.05, 4.69) is 14.5 Å². The molecule has 2 heterocycles. The Hall–Kier alpha value is -1.54. The molecule has 1 N–H and O–H groups in total. The van der Waals surface area contributed by atoms with Crippen molar-refractivity contribution in [1.29, 1.82) is 0 Å². The Morgan fingerprint density at radius 2 is 1.94 bits per heavy atom. The number of amides is 1. The van der Waals surface area contributed by atoms with Gasteiger partial charge >= 0.3 is 5.97 Å². The average molecular weight is 256 g/mol. The molecule has 0 radical (unpaired) electrons. The number of carboxylic acids is 1. The molecule has 0 aromatic carbocycles. The lowest BCUT2D eigenvalue weighted by atomic mass is 10.2. The van der Waals surface area contributed by atoms with E-state index in [0.29, 0.717) is 13.1 Å². The summed E-state index contributed by atoms with van der Waals surface area (Å²) in [7, 11) is 1.98. The van der Waals surface area contributed by atoms with Crippen molar-refractivity contribution in [3.8, 4) is 0 Å². The molecule has 1 aliphatic rings. The molecule has 17 heavy (non-hydrogen) atoms. The third-order valence-corrected chi connectivity index (χ3v) is 3.39. The summed E-state index contributed by atoms with van der Waals surface area (Å²) in [5.74, 6) is -1.50. The molecule has 92 valence electrons. The minimum absolute atomic E-state index is 0.0490. The van der Waals surface area contributed by atoms with Crippen molar-refractivity contribution >= 4 is 23.4 Å². The molecular formula is C9H12N4O3S. The van der Waals surface area contributed by atoms with Gasteiger partial charge in [-0.05, 0) is 18.6 Å². The number of hydrogen-bond donors (Lipinski definition) is 1. The normalized spacial score (nSPS) is 17.1. The first-order chi connectivity index (χ1) is 8.09. The van der Waals surface area contributed by atoms with Crippen LogP contribution >= 0.6 is 11.5 Å². The zero-order valence-corrected chi connectivity index (χ0v) is 10.1. The number of piperazine rings is 1. The van der Waals surface area contributed by atoms with Gasteiger partial charge in [0.2, 0.25) is 0 Å². The van der Waals surface area contributed by atoms with E-state index < -0.39 is 5.97 Å². The van der Waals surface area contributed by atoms with Crippen LogP contribution in [0.5, 0.6) is 0 Å². The Balaban J connectivity index is 2.14. The van der Waals surface area contributed by atoms with Crippen LogP contribution in [-0.2, 0) is 0 Å². The Kier molecular flexibility index (Phi) is 3.34. The second-order valence-electron chi connectivity index (χ2n) is 3.85. The SMILES string of the molecule is CN1CCN(C(=O)c2nnsc2C(=O)O)CC1. The summed E-state index contributed by atoms with van der Waals surface area (Å²) in [5.41, 5.74) is -0.0490. The Morgan fingerprint density at radius 3 is 2.53 bits per heavy atom. The predicted molar refractivity (Wildman–Crippen MR) is 60.3 cm³/mol. The molecule has 0 atom stereocenters. The maximum Gasteiger partial charge on any atom is 0.350 e. The first-order valence-electron chi connectivity index (χ1n) is 5.13. The molecule has 1 saturated heterocycles. The third-order valence-electron chi connectivity index (χ3n) is 2.68. The summed E-state index contributed by atoms with van der Waals surface area (Å²) in [4.78, 5) is 26.6. The topological polar surface area (TPSA) is 86.6 Å². The van der Waals surface area contributed by atoms with Crippen LogP contribution in [0.2, 0.25) is 0 Å². The van der Waals surface area contributed by atoms with E-state index in [1.54, 1.807) is 4.90 Å². The molecule has 2 rings (SSSR count). The second-order valence-corrected chi connectivity index (χ2v) is 4.61. The maximum absolute atomic E-state index is 12.0. The molecule has 1 aromatic rings. The highest BCUT2D eigenvalue weighted by atomic mass is 32.1. The fourth-order valence-corrected chi connectivity index (χ4v) is 2.13. The minimum atomic E-state index is -1.16. The van der Waals surface area contributed by atoms with E-state index in [1.165, 1.54) is 0 Å². The second kappa shape index (κ2) is 4.76. The average Bonchev–Trinajstić information content (AvgIpc) is 2.78. The summed E-state index contributed by atoms with van der Waals surface area (Å²) in [6.07, 6.45) is 0. The van der Waals surface area contributed by atoms with Crippen molar-refractivity contribution in [2.24, 2.45) is 0 Å². The predicted octanol–water partition coefficient (Wildman–Crippen LogP) is -0.376. The van der Waals surface area contributed by atoms with Crippen LogP contribution < -0.4 is 0 Å². The highest BCUT2D eigenvalue weighted by Crippen LogP contribution is 2.14. The van der Waals surface area contributed by atoms with Crippen LogP contribution in [0.15, 0.2) is 0 Å². The van der Waals surface area contributed by atoms with Gasteiger partial charge in [-0.2, -0.15) is 0 Å². The van der Waals surface area contributed by atoms with E-state index in [-0.39, 0.29) is 16.5 Å². The van der Waals surface area contributed by atoms with Gasteiger partial charge in [-0.15, -0.1) is 5.10 Å². The van der Waals surface area contributed by atoms with Crippen LogP contribution in [0.25, 0.3) is 0 Å². The number of rotatable bonds is 2. The molecular weight excluding hydrogens is 244 g/mol. The fourth-order valence-electron chi connectivity index (χ4n) is 1.63.